The lowest BCUT2D eigenvalue weighted by molar-refractivity contribution is -0.133. The standard InChI is InChI=1S/C33H37N3O2S4/c1-5-9-17-34(18-10-6-2)23-14-11-22(12-15-23)13-16-24-20-27-29(40-24)30-28(42-27)21-25(41-30)19-26-31(37)35(7-3)33(39)36(8-4)32(26)38/h11-16,19-21H,5-10,17-18H2,1-4H3/b16-13+. The summed E-state index contributed by atoms with van der Waals surface area (Å²) >= 11 is 10.6. The third-order valence-electron chi connectivity index (χ3n) is 7.45. The quantitative estimate of drug-likeness (QED) is 0.0885. The first kappa shape index (κ1) is 30.6. The van der Waals surface area contributed by atoms with Gasteiger partial charge in [0, 0.05) is 51.0 Å². The topological polar surface area (TPSA) is 43.9 Å². The molecule has 2 amide bonds. The summed E-state index contributed by atoms with van der Waals surface area (Å²) in [7, 11) is 0. The fourth-order valence-electron chi connectivity index (χ4n) is 5.09. The van der Waals surface area contributed by atoms with E-state index in [0.29, 0.717) is 13.1 Å². The van der Waals surface area contributed by atoms with Crippen molar-refractivity contribution >= 4 is 106 Å². The molecule has 0 N–H and O–H groups in total. The van der Waals surface area contributed by atoms with Gasteiger partial charge in [-0.3, -0.25) is 19.4 Å². The molecule has 0 bridgehead atoms. The van der Waals surface area contributed by atoms with Crippen LogP contribution in [0, 0.1) is 0 Å². The molecule has 220 valence electrons. The lowest BCUT2D eigenvalue weighted by Crippen LogP contribution is -2.55. The number of unbranched alkanes of at least 4 members (excludes halogenated alkanes) is 2. The van der Waals surface area contributed by atoms with E-state index in [-0.39, 0.29) is 22.5 Å². The molecule has 0 saturated carbocycles. The monoisotopic (exact) mass is 635 g/mol. The molecule has 0 radical (unpaired) electrons. The average molecular weight is 636 g/mol. The second kappa shape index (κ2) is 13.6. The molecule has 1 fully saturated rings. The number of likely N-dealkylation sites (N-methyl/N-ethyl adjacent to an activating group) is 2. The van der Waals surface area contributed by atoms with Crippen LogP contribution >= 0.6 is 46.2 Å². The number of hydrogen-bond donors (Lipinski definition) is 0. The van der Waals surface area contributed by atoms with Gasteiger partial charge in [0.05, 0.1) is 9.40 Å². The number of fused-ring (bicyclic) bond motifs is 3. The third-order valence-corrected chi connectivity index (χ3v) is 11.6. The Morgan fingerprint density at radius 3 is 1.86 bits per heavy atom. The summed E-state index contributed by atoms with van der Waals surface area (Å²) in [5.74, 6) is -0.629. The van der Waals surface area contributed by atoms with E-state index in [9.17, 15) is 9.59 Å². The first-order valence-corrected chi connectivity index (χ1v) is 17.6. The summed E-state index contributed by atoms with van der Waals surface area (Å²) in [6.45, 7) is 11.3. The van der Waals surface area contributed by atoms with E-state index in [2.05, 4.69) is 67.3 Å². The molecule has 4 aromatic rings. The Morgan fingerprint density at radius 1 is 0.762 bits per heavy atom. The molecule has 5 nitrogen and oxygen atoms in total. The van der Waals surface area contributed by atoms with Crippen LogP contribution in [0.25, 0.3) is 37.0 Å². The molecule has 1 saturated heterocycles. The molecule has 42 heavy (non-hydrogen) atoms. The molecular formula is C33H37N3O2S4. The number of amides is 2. The molecule has 1 aliphatic rings. The van der Waals surface area contributed by atoms with E-state index >= 15 is 0 Å². The van der Waals surface area contributed by atoms with Crippen molar-refractivity contribution in [3.8, 4) is 0 Å². The zero-order valence-electron chi connectivity index (χ0n) is 24.6. The van der Waals surface area contributed by atoms with Gasteiger partial charge in [-0.2, -0.15) is 0 Å². The van der Waals surface area contributed by atoms with Crippen molar-refractivity contribution in [2.24, 2.45) is 0 Å². The highest BCUT2D eigenvalue weighted by molar-refractivity contribution is 7.80. The molecular weight excluding hydrogens is 599 g/mol. The molecule has 0 unspecified atom stereocenters. The van der Waals surface area contributed by atoms with E-state index in [4.69, 9.17) is 12.2 Å². The highest BCUT2D eigenvalue weighted by atomic mass is 32.1. The smallest absolute Gasteiger partial charge is 0.265 e. The van der Waals surface area contributed by atoms with Crippen molar-refractivity contribution in [1.29, 1.82) is 0 Å². The van der Waals surface area contributed by atoms with Crippen LogP contribution in [0.5, 0.6) is 0 Å². The summed E-state index contributed by atoms with van der Waals surface area (Å²) in [5.41, 5.74) is 2.68. The predicted molar refractivity (Wildman–Crippen MR) is 188 cm³/mol. The first-order valence-electron chi connectivity index (χ1n) is 14.8. The number of rotatable bonds is 12. The van der Waals surface area contributed by atoms with E-state index in [1.54, 1.807) is 40.1 Å². The number of thiocarbonyl (C=S) groups is 1. The maximum absolute atomic E-state index is 13.1. The van der Waals surface area contributed by atoms with E-state index in [0.717, 1.165) is 18.0 Å². The first-order chi connectivity index (χ1) is 20.4. The second-order valence-electron chi connectivity index (χ2n) is 10.3. The molecule has 5 rings (SSSR count). The predicted octanol–water partition coefficient (Wildman–Crippen LogP) is 9.13. The lowest BCUT2D eigenvalue weighted by atomic mass is 10.1. The van der Waals surface area contributed by atoms with Crippen LogP contribution < -0.4 is 4.90 Å². The highest BCUT2D eigenvalue weighted by Gasteiger charge is 2.38. The summed E-state index contributed by atoms with van der Waals surface area (Å²) < 4.78 is 4.92. The summed E-state index contributed by atoms with van der Waals surface area (Å²) in [5, 5.41) is 0.289. The van der Waals surface area contributed by atoms with E-state index in [1.807, 2.05) is 13.8 Å². The number of hydrogen-bond acceptors (Lipinski definition) is 7. The largest absolute Gasteiger partial charge is 0.372 e. The Bertz CT molecular complexity index is 1620. The zero-order valence-corrected chi connectivity index (χ0v) is 27.9. The van der Waals surface area contributed by atoms with Gasteiger partial charge in [0.15, 0.2) is 5.11 Å². The Kier molecular flexibility index (Phi) is 9.93. The highest BCUT2D eigenvalue weighted by Crippen LogP contribution is 2.44. The third kappa shape index (κ3) is 6.25. The van der Waals surface area contributed by atoms with Crippen LogP contribution in [0.4, 0.5) is 5.69 Å². The van der Waals surface area contributed by atoms with Gasteiger partial charge in [0.1, 0.15) is 5.57 Å². The molecule has 3 aromatic heterocycles. The number of thiophene rings is 3. The average Bonchev–Trinajstić information content (AvgIpc) is 3.66. The molecule has 4 heterocycles. The minimum Gasteiger partial charge on any atom is -0.372 e. The van der Waals surface area contributed by atoms with Crippen LogP contribution in [0.2, 0.25) is 0 Å². The summed E-state index contributed by atoms with van der Waals surface area (Å²) in [6, 6.07) is 13.3. The van der Waals surface area contributed by atoms with Gasteiger partial charge >= 0.3 is 0 Å². The van der Waals surface area contributed by atoms with Gasteiger partial charge in [-0.1, -0.05) is 44.9 Å². The Hall–Kier alpha value is -2.85. The van der Waals surface area contributed by atoms with Gasteiger partial charge in [0.2, 0.25) is 0 Å². The normalized spacial score (nSPS) is 14.4. The molecule has 1 aliphatic heterocycles. The van der Waals surface area contributed by atoms with Crippen LogP contribution in [-0.2, 0) is 9.59 Å². The fraction of sp³-hybridized carbons (Fsp3) is 0.364. The van der Waals surface area contributed by atoms with Crippen LogP contribution in [0.3, 0.4) is 0 Å². The minimum atomic E-state index is -0.315. The van der Waals surface area contributed by atoms with Crippen molar-refractivity contribution in [1.82, 2.24) is 9.80 Å². The molecule has 0 spiro atoms. The van der Waals surface area contributed by atoms with E-state index in [1.165, 1.54) is 70.4 Å². The Labute approximate surface area is 265 Å². The second-order valence-corrected chi connectivity index (χ2v) is 14.0. The zero-order chi connectivity index (χ0) is 29.8. The Morgan fingerprint density at radius 2 is 1.31 bits per heavy atom. The minimum absolute atomic E-state index is 0.178. The van der Waals surface area contributed by atoms with Gasteiger partial charge in [0.25, 0.3) is 11.8 Å². The van der Waals surface area contributed by atoms with Crippen LogP contribution in [0.15, 0.2) is 42.0 Å². The molecule has 9 heteroatoms. The van der Waals surface area contributed by atoms with Crippen LogP contribution in [-0.4, -0.2) is 52.9 Å². The summed E-state index contributed by atoms with van der Waals surface area (Å²) in [4.78, 5) is 33.8. The van der Waals surface area contributed by atoms with Crippen molar-refractivity contribution in [3.05, 3.63) is 57.3 Å². The van der Waals surface area contributed by atoms with Crippen LogP contribution in [0.1, 0.15) is 68.7 Å². The number of nitrogens with zero attached hydrogens (tertiary/aromatic N) is 3. The van der Waals surface area contributed by atoms with Crippen molar-refractivity contribution in [2.75, 3.05) is 31.1 Å². The maximum Gasteiger partial charge on any atom is 0.265 e. The maximum atomic E-state index is 13.1. The summed E-state index contributed by atoms with van der Waals surface area (Å²) in [6.07, 6.45) is 11.0. The number of carbonyl (C=O) groups is 2. The number of anilines is 1. The fourth-order valence-corrected chi connectivity index (χ4v) is 9.41. The van der Waals surface area contributed by atoms with Crippen molar-refractivity contribution < 1.29 is 9.59 Å². The van der Waals surface area contributed by atoms with Gasteiger partial charge in [-0.25, -0.2) is 0 Å². The number of carbonyl (C=O) groups excluding carboxylic acids is 2. The van der Waals surface area contributed by atoms with Crippen molar-refractivity contribution in [2.45, 2.75) is 53.4 Å². The van der Waals surface area contributed by atoms with Gasteiger partial charge < -0.3 is 4.90 Å². The van der Waals surface area contributed by atoms with Crippen molar-refractivity contribution in [3.63, 3.8) is 0 Å². The van der Waals surface area contributed by atoms with E-state index < -0.39 is 0 Å². The number of benzene rings is 1. The molecule has 0 aliphatic carbocycles. The van der Waals surface area contributed by atoms with Gasteiger partial charge in [-0.15, -0.1) is 34.0 Å². The molecule has 1 aromatic carbocycles. The van der Waals surface area contributed by atoms with Gasteiger partial charge in [-0.05, 0) is 80.9 Å². The Balaban J connectivity index is 1.35. The SMILES string of the molecule is CCCCN(CCCC)c1ccc(/C=C/c2cc3sc4cc(C=C5C(=O)N(CC)C(=S)N(CC)C5=O)sc4c3s2)cc1. The molecule has 0 atom stereocenters. The lowest BCUT2D eigenvalue weighted by Gasteiger charge is -2.35.